The largest absolute Gasteiger partial charge is 0.310 e. The first kappa shape index (κ1) is 14.7. The second-order valence-corrected chi connectivity index (χ2v) is 7.02. The highest BCUT2D eigenvalue weighted by Crippen LogP contribution is 2.32. The van der Waals surface area contributed by atoms with Crippen molar-refractivity contribution >= 4 is 27.3 Å². The SMILES string of the molecule is Cc1ccc(Br)cc1-c1nc(C)c(CNC(C)C)s1. The van der Waals surface area contributed by atoms with Gasteiger partial charge in [-0.1, -0.05) is 35.8 Å². The Bertz CT molecular complexity index is 576. The summed E-state index contributed by atoms with van der Waals surface area (Å²) in [5, 5.41) is 4.56. The van der Waals surface area contributed by atoms with Crippen molar-refractivity contribution in [3.8, 4) is 10.6 Å². The van der Waals surface area contributed by atoms with Crippen LogP contribution in [0.3, 0.4) is 0 Å². The molecule has 1 heterocycles. The van der Waals surface area contributed by atoms with E-state index in [1.165, 1.54) is 16.0 Å². The third kappa shape index (κ3) is 3.65. The van der Waals surface area contributed by atoms with Crippen LogP contribution in [0.4, 0.5) is 0 Å². The fraction of sp³-hybridized carbons (Fsp3) is 0.400. The molecule has 2 rings (SSSR count). The van der Waals surface area contributed by atoms with Gasteiger partial charge in [-0.3, -0.25) is 0 Å². The summed E-state index contributed by atoms with van der Waals surface area (Å²) in [6, 6.07) is 6.84. The molecule has 0 radical (unpaired) electrons. The summed E-state index contributed by atoms with van der Waals surface area (Å²) in [5.74, 6) is 0. The Morgan fingerprint density at radius 3 is 2.74 bits per heavy atom. The summed E-state index contributed by atoms with van der Waals surface area (Å²) in [5.41, 5.74) is 3.62. The van der Waals surface area contributed by atoms with Gasteiger partial charge in [0.25, 0.3) is 0 Å². The number of hydrogen-bond acceptors (Lipinski definition) is 3. The number of halogens is 1. The highest BCUT2D eigenvalue weighted by atomic mass is 79.9. The van der Waals surface area contributed by atoms with Crippen molar-refractivity contribution in [1.82, 2.24) is 10.3 Å². The molecule has 0 bridgehead atoms. The third-order valence-electron chi connectivity index (χ3n) is 2.99. The Morgan fingerprint density at radius 2 is 2.05 bits per heavy atom. The van der Waals surface area contributed by atoms with Gasteiger partial charge in [-0.05, 0) is 31.5 Å². The monoisotopic (exact) mass is 338 g/mol. The Morgan fingerprint density at radius 1 is 1.32 bits per heavy atom. The van der Waals surface area contributed by atoms with Gasteiger partial charge < -0.3 is 5.32 Å². The normalized spacial score (nSPS) is 11.3. The van der Waals surface area contributed by atoms with Gasteiger partial charge in [0.05, 0.1) is 5.69 Å². The van der Waals surface area contributed by atoms with Gasteiger partial charge in [0.1, 0.15) is 5.01 Å². The van der Waals surface area contributed by atoms with Gasteiger partial charge in [0.15, 0.2) is 0 Å². The molecule has 1 aromatic heterocycles. The second-order valence-electron chi connectivity index (χ2n) is 5.02. The van der Waals surface area contributed by atoms with Crippen molar-refractivity contribution in [2.45, 2.75) is 40.3 Å². The summed E-state index contributed by atoms with van der Waals surface area (Å²) in [6.45, 7) is 9.44. The minimum atomic E-state index is 0.498. The molecular weight excluding hydrogens is 320 g/mol. The number of rotatable bonds is 4. The van der Waals surface area contributed by atoms with Crippen LogP contribution >= 0.6 is 27.3 Å². The average Bonchev–Trinajstić information content (AvgIpc) is 2.71. The van der Waals surface area contributed by atoms with E-state index < -0.39 is 0 Å². The van der Waals surface area contributed by atoms with Crippen LogP contribution in [0.25, 0.3) is 10.6 Å². The molecule has 2 nitrogen and oxygen atoms in total. The third-order valence-corrected chi connectivity index (χ3v) is 4.68. The van der Waals surface area contributed by atoms with E-state index >= 15 is 0 Å². The molecule has 0 aliphatic carbocycles. The number of aromatic nitrogens is 1. The zero-order valence-corrected chi connectivity index (χ0v) is 14.2. The van der Waals surface area contributed by atoms with E-state index in [1.807, 2.05) is 0 Å². The lowest BCUT2D eigenvalue weighted by atomic mass is 10.1. The molecule has 19 heavy (non-hydrogen) atoms. The molecule has 4 heteroatoms. The van der Waals surface area contributed by atoms with Gasteiger partial charge in [-0.15, -0.1) is 11.3 Å². The summed E-state index contributed by atoms with van der Waals surface area (Å²) in [4.78, 5) is 6.04. The maximum absolute atomic E-state index is 4.72. The predicted molar refractivity (Wildman–Crippen MR) is 86.7 cm³/mol. The van der Waals surface area contributed by atoms with E-state index in [2.05, 4.69) is 67.1 Å². The van der Waals surface area contributed by atoms with Crippen LogP contribution in [-0.2, 0) is 6.54 Å². The summed E-state index contributed by atoms with van der Waals surface area (Å²) in [6.07, 6.45) is 0. The molecule has 1 aromatic carbocycles. The molecule has 102 valence electrons. The van der Waals surface area contributed by atoms with Crippen LogP contribution in [0, 0.1) is 13.8 Å². The molecule has 0 aliphatic rings. The Hall–Kier alpha value is -0.710. The molecule has 0 fully saturated rings. The maximum Gasteiger partial charge on any atom is 0.124 e. The van der Waals surface area contributed by atoms with E-state index in [1.54, 1.807) is 11.3 Å². The van der Waals surface area contributed by atoms with E-state index in [9.17, 15) is 0 Å². The summed E-state index contributed by atoms with van der Waals surface area (Å²) < 4.78 is 1.10. The van der Waals surface area contributed by atoms with E-state index in [-0.39, 0.29) is 0 Å². The first-order chi connectivity index (χ1) is 8.97. The standard InChI is InChI=1S/C15H19BrN2S/c1-9(2)17-8-14-11(4)18-15(19-14)13-7-12(16)6-5-10(13)3/h5-7,9,17H,8H2,1-4H3. The zero-order chi connectivity index (χ0) is 14.0. The Labute approximate surface area is 127 Å². The van der Waals surface area contributed by atoms with Crippen molar-refractivity contribution in [2.24, 2.45) is 0 Å². The van der Waals surface area contributed by atoms with Crippen LogP contribution in [-0.4, -0.2) is 11.0 Å². The first-order valence-electron chi connectivity index (χ1n) is 6.43. The molecule has 0 saturated carbocycles. The number of benzene rings is 1. The van der Waals surface area contributed by atoms with Crippen molar-refractivity contribution in [2.75, 3.05) is 0 Å². The summed E-state index contributed by atoms with van der Waals surface area (Å²) in [7, 11) is 0. The smallest absolute Gasteiger partial charge is 0.124 e. The lowest BCUT2D eigenvalue weighted by Crippen LogP contribution is -2.21. The molecule has 0 saturated heterocycles. The number of nitrogens with one attached hydrogen (secondary N) is 1. The fourth-order valence-electron chi connectivity index (χ4n) is 1.83. The van der Waals surface area contributed by atoms with Crippen molar-refractivity contribution in [1.29, 1.82) is 0 Å². The fourth-order valence-corrected chi connectivity index (χ4v) is 3.28. The molecule has 0 amide bonds. The van der Waals surface area contributed by atoms with Gasteiger partial charge in [-0.2, -0.15) is 0 Å². The minimum Gasteiger partial charge on any atom is -0.310 e. The number of nitrogens with zero attached hydrogens (tertiary/aromatic N) is 1. The van der Waals surface area contributed by atoms with Crippen LogP contribution in [0.2, 0.25) is 0 Å². The molecule has 0 aliphatic heterocycles. The molecule has 2 aromatic rings. The first-order valence-corrected chi connectivity index (χ1v) is 8.04. The van der Waals surface area contributed by atoms with Crippen molar-refractivity contribution < 1.29 is 0 Å². The van der Waals surface area contributed by atoms with E-state index in [0.717, 1.165) is 21.7 Å². The van der Waals surface area contributed by atoms with Crippen LogP contribution in [0.15, 0.2) is 22.7 Å². The minimum absolute atomic E-state index is 0.498. The lowest BCUT2D eigenvalue weighted by Gasteiger charge is -2.06. The van der Waals surface area contributed by atoms with Crippen molar-refractivity contribution in [3.05, 3.63) is 38.8 Å². The topological polar surface area (TPSA) is 24.9 Å². The number of aryl methyl sites for hydroxylation is 2. The Kier molecular flexibility index (Phi) is 4.76. The molecule has 0 spiro atoms. The maximum atomic E-state index is 4.72. The molecule has 0 unspecified atom stereocenters. The highest BCUT2D eigenvalue weighted by Gasteiger charge is 2.11. The predicted octanol–water partition coefficient (Wildman–Crippen LogP) is 4.69. The van der Waals surface area contributed by atoms with Crippen LogP contribution in [0.1, 0.15) is 30.0 Å². The Balaban J connectivity index is 2.31. The van der Waals surface area contributed by atoms with Crippen molar-refractivity contribution in [3.63, 3.8) is 0 Å². The highest BCUT2D eigenvalue weighted by molar-refractivity contribution is 9.10. The van der Waals surface area contributed by atoms with Gasteiger partial charge >= 0.3 is 0 Å². The van der Waals surface area contributed by atoms with Gasteiger partial charge in [0, 0.05) is 27.5 Å². The van der Waals surface area contributed by atoms with Gasteiger partial charge in [-0.25, -0.2) is 4.98 Å². The van der Waals surface area contributed by atoms with Crippen LogP contribution in [0.5, 0.6) is 0 Å². The van der Waals surface area contributed by atoms with E-state index in [4.69, 9.17) is 4.98 Å². The summed E-state index contributed by atoms with van der Waals surface area (Å²) >= 11 is 5.32. The molecular formula is C15H19BrN2S. The van der Waals surface area contributed by atoms with Crippen LogP contribution < -0.4 is 5.32 Å². The number of hydrogen-bond donors (Lipinski definition) is 1. The lowest BCUT2D eigenvalue weighted by molar-refractivity contribution is 0.591. The second kappa shape index (κ2) is 6.16. The van der Waals surface area contributed by atoms with Gasteiger partial charge in [0.2, 0.25) is 0 Å². The zero-order valence-electron chi connectivity index (χ0n) is 11.7. The average molecular weight is 339 g/mol. The van der Waals surface area contributed by atoms with E-state index in [0.29, 0.717) is 6.04 Å². The number of thiazole rings is 1. The quantitative estimate of drug-likeness (QED) is 0.874. The molecule has 1 N–H and O–H groups in total. The molecule has 0 atom stereocenters.